The number of ketones is 1. The molecule has 0 amide bonds. The summed E-state index contributed by atoms with van der Waals surface area (Å²) in [5.41, 5.74) is 1.88. The zero-order valence-corrected chi connectivity index (χ0v) is 10.6. The second kappa shape index (κ2) is 5.50. The number of Topliss-reactive ketones (excluding diaryl/α,β-unsaturated/α-hetero) is 1. The fraction of sp³-hybridized carbons (Fsp3) is 0.429. The predicted octanol–water partition coefficient (Wildman–Crippen LogP) is 0.773. The molecule has 0 saturated heterocycles. The molecule has 1 aliphatic carbocycles. The Morgan fingerprint density at radius 1 is 1.37 bits per heavy atom. The molecule has 5 heteroatoms. The summed E-state index contributed by atoms with van der Waals surface area (Å²) in [7, 11) is 1.22. The van der Waals surface area contributed by atoms with Crippen LogP contribution in [0.2, 0.25) is 0 Å². The van der Waals surface area contributed by atoms with Gasteiger partial charge in [0.1, 0.15) is 6.10 Å². The minimum Gasteiger partial charge on any atom is -0.469 e. The van der Waals surface area contributed by atoms with E-state index in [4.69, 9.17) is 0 Å². The minimum absolute atomic E-state index is 0.0477. The number of carbonyl (C=O) groups excluding carboxylic acids is 2. The molecule has 2 N–H and O–H groups in total. The van der Waals surface area contributed by atoms with Crippen molar-refractivity contribution >= 4 is 11.8 Å². The van der Waals surface area contributed by atoms with E-state index in [1.807, 2.05) is 0 Å². The van der Waals surface area contributed by atoms with E-state index in [-0.39, 0.29) is 12.2 Å². The van der Waals surface area contributed by atoms with Crippen molar-refractivity contribution in [3.05, 3.63) is 34.9 Å². The second-order valence-corrected chi connectivity index (χ2v) is 4.59. The van der Waals surface area contributed by atoms with E-state index >= 15 is 0 Å². The Hall–Kier alpha value is -1.72. The molecule has 2 rings (SSSR count). The summed E-state index contributed by atoms with van der Waals surface area (Å²) >= 11 is 0. The van der Waals surface area contributed by atoms with Crippen molar-refractivity contribution in [2.24, 2.45) is 0 Å². The fourth-order valence-electron chi connectivity index (χ4n) is 2.37. The van der Waals surface area contributed by atoms with Crippen LogP contribution in [0.1, 0.15) is 40.4 Å². The number of esters is 1. The van der Waals surface area contributed by atoms with Gasteiger partial charge < -0.3 is 14.9 Å². The third-order valence-electron chi connectivity index (χ3n) is 3.40. The molecule has 5 nitrogen and oxygen atoms in total. The highest BCUT2D eigenvalue weighted by Gasteiger charge is 2.28. The van der Waals surface area contributed by atoms with Crippen molar-refractivity contribution < 1.29 is 24.5 Å². The lowest BCUT2D eigenvalue weighted by Crippen LogP contribution is -2.23. The molecule has 19 heavy (non-hydrogen) atoms. The number of carbonyl (C=O) groups is 2. The van der Waals surface area contributed by atoms with Gasteiger partial charge in [-0.2, -0.15) is 0 Å². The van der Waals surface area contributed by atoms with Gasteiger partial charge in [0.15, 0.2) is 5.78 Å². The molecule has 1 aromatic carbocycles. The van der Waals surface area contributed by atoms with Gasteiger partial charge in [0.05, 0.1) is 19.6 Å². The highest BCUT2D eigenvalue weighted by molar-refractivity contribution is 6.00. The highest BCUT2D eigenvalue weighted by Crippen LogP contribution is 2.31. The van der Waals surface area contributed by atoms with Gasteiger partial charge in [-0.1, -0.05) is 18.2 Å². The van der Waals surface area contributed by atoms with Crippen molar-refractivity contribution in [1.82, 2.24) is 0 Å². The largest absolute Gasteiger partial charge is 0.469 e. The van der Waals surface area contributed by atoms with Crippen LogP contribution in [0.3, 0.4) is 0 Å². The zero-order valence-electron chi connectivity index (χ0n) is 10.6. The summed E-state index contributed by atoms with van der Waals surface area (Å²) in [5.74, 6) is -0.540. The van der Waals surface area contributed by atoms with E-state index in [0.29, 0.717) is 24.0 Å². The van der Waals surface area contributed by atoms with Gasteiger partial charge in [0.25, 0.3) is 0 Å². The third kappa shape index (κ3) is 2.67. The molecule has 0 aliphatic heterocycles. The molecule has 1 aromatic rings. The van der Waals surface area contributed by atoms with E-state index in [0.717, 1.165) is 5.56 Å². The van der Waals surface area contributed by atoms with Gasteiger partial charge in [-0.15, -0.1) is 0 Å². The summed E-state index contributed by atoms with van der Waals surface area (Å²) < 4.78 is 4.45. The fourth-order valence-corrected chi connectivity index (χ4v) is 2.37. The minimum atomic E-state index is -1.24. The van der Waals surface area contributed by atoms with Crippen LogP contribution in [0, 0.1) is 0 Å². The molecule has 0 fully saturated rings. The van der Waals surface area contributed by atoms with Gasteiger partial charge in [0, 0.05) is 12.0 Å². The van der Waals surface area contributed by atoms with E-state index in [1.54, 1.807) is 18.2 Å². The number of fused-ring (bicyclic) bond motifs is 1. The number of ether oxygens (including phenoxy) is 1. The van der Waals surface area contributed by atoms with E-state index in [2.05, 4.69) is 4.74 Å². The van der Waals surface area contributed by atoms with E-state index in [9.17, 15) is 19.8 Å². The third-order valence-corrected chi connectivity index (χ3v) is 3.40. The predicted molar refractivity (Wildman–Crippen MR) is 66.7 cm³/mol. The highest BCUT2D eigenvalue weighted by atomic mass is 16.5. The number of benzene rings is 1. The number of hydrogen-bond acceptors (Lipinski definition) is 5. The van der Waals surface area contributed by atoms with Gasteiger partial charge >= 0.3 is 5.97 Å². The first-order valence-corrected chi connectivity index (χ1v) is 6.12. The maximum absolute atomic E-state index is 11.6. The first-order chi connectivity index (χ1) is 9.04. The summed E-state index contributed by atoms with van der Waals surface area (Å²) in [5, 5.41) is 19.9. The molecule has 0 heterocycles. The normalized spacial score (nSPS) is 16.9. The van der Waals surface area contributed by atoms with Crippen molar-refractivity contribution in [3.63, 3.8) is 0 Å². The van der Waals surface area contributed by atoms with Crippen molar-refractivity contribution in [3.8, 4) is 0 Å². The summed E-state index contributed by atoms with van der Waals surface area (Å²) in [6.45, 7) is 0. The van der Waals surface area contributed by atoms with Gasteiger partial charge in [-0.3, -0.25) is 9.59 Å². The maximum atomic E-state index is 11.6. The molecule has 0 radical (unpaired) electrons. The van der Waals surface area contributed by atoms with Crippen LogP contribution in [0.15, 0.2) is 18.2 Å². The molecule has 0 aromatic heterocycles. The van der Waals surface area contributed by atoms with E-state index in [1.165, 1.54) is 7.11 Å². The number of methoxy groups -OCH3 is 1. The zero-order chi connectivity index (χ0) is 14.0. The smallest absolute Gasteiger partial charge is 0.308 e. The number of aliphatic hydroxyl groups is 2. The van der Waals surface area contributed by atoms with Crippen LogP contribution in [0.4, 0.5) is 0 Å². The Kier molecular flexibility index (Phi) is 3.97. The molecule has 2 unspecified atom stereocenters. The lowest BCUT2D eigenvalue weighted by atomic mass is 9.95. The standard InChI is InChI=1S/C14H16O5/c1-19-13(17)7-12(16)14(18)10-4-2-3-9-8(10)5-6-11(9)15/h2-4,12,14,16,18H,5-7H2,1H3. The van der Waals surface area contributed by atoms with Gasteiger partial charge in [0.2, 0.25) is 0 Å². The van der Waals surface area contributed by atoms with Crippen LogP contribution in [-0.4, -0.2) is 35.2 Å². The Morgan fingerprint density at radius 3 is 2.79 bits per heavy atom. The molecule has 1 aliphatic rings. The Morgan fingerprint density at radius 2 is 2.11 bits per heavy atom. The van der Waals surface area contributed by atoms with Gasteiger partial charge in [-0.25, -0.2) is 0 Å². The molecule has 0 spiro atoms. The molecule has 0 saturated carbocycles. The first-order valence-electron chi connectivity index (χ1n) is 6.12. The van der Waals surface area contributed by atoms with Crippen LogP contribution in [0.5, 0.6) is 0 Å². The Labute approximate surface area is 110 Å². The number of rotatable bonds is 4. The topological polar surface area (TPSA) is 83.8 Å². The average molecular weight is 264 g/mol. The summed E-state index contributed by atoms with van der Waals surface area (Å²) in [4.78, 5) is 22.7. The van der Waals surface area contributed by atoms with Crippen LogP contribution in [-0.2, 0) is 16.0 Å². The maximum Gasteiger partial charge on any atom is 0.308 e. The van der Waals surface area contributed by atoms with Crippen molar-refractivity contribution in [1.29, 1.82) is 0 Å². The van der Waals surface area contributed by atoms with Crippen LogP contribution in [0.25, 0.3) is 0 Å². The van der Waals surface area contributed by atoms with Crippen molar-refractivity contribution in [2.75, 3.05) is 7.11 Å². The molecule has 102 valence electrons. The number of hydrogen-bond donors (Lipinski definition) is 2. The quantitative estimate of drug-likeness (QED) is 0.785. The SMILES string of the molecule is COC(=O)CC(O)C(O)c1cccc2c1CCC2=O. The van der Waals surface area contributed by atoms with Crippen LogP contribution < -0.4 is 0 Å². The van der Waals surface area contributed by atoms with E-state index < -0.39 is 18.2 Å². The summed E-state index contributed by atoms with van der Waals surface area (Å²) in [6.07, 6.45) is -1.73. The first kappa shape index (κ1) is 13.7. The van der Waals surface area contributed by atoms with Gasteiger partial charge in [-0.05, 0) is 17.5 Å². The molecule has 0 bridgehead atoms. The molecular formula is C14H16O5. The second-order valence-electron chi connectivity index (χ2n) is 4.59. The summed E-state index contributed by atoms with van der Waals surface area (Å²) in [6, 6.07) is 5.06. The molecular weight excluding hydrogens is 248 g/mol. The lowest BCUT2D eigenvalue weighted by Gasteiger charge is -2.19. The Balaban J connectivity index is 2.23. The average Bonchev–Trinajstić information content (AvgIpc) is 2.79. The monoisotopic (exact) mass is 264 g/mol. The lowest BCUT2D eigenvalue weighted by molar-refractivity contribution is -0.144. The van der Waals surface area contributed by atoms with Crippen molar-refractivity contribution in [2.45, 2.75) is 31.5 Å². The molecule has 2 atom stereocenters. The Bertz CT molecular complexity index is 509. The van der Waals surface area contributed by atoms with Crippen LogP contribution >= 0.6 is 0 Å². The number of aliphatic hydroxyl groups excluding tert-OH is 2.